The molecule has 0 atom stereocenters. The van der Waals surface area contributed by atoms with E-state index < -0.39 is 17.7 Å². The van der Waals surface area contributed by atoms with Crippen LogP contribution in [-0.2, 0) is 4.74 Å². The molecule has 1 fully saturated rings. The molecule has 3 aromatic rings. The smallest absolute Gasteiger partial charge is 0.414 e. The number of H-pyrrole nitrogens is 1. The summed E-state index contributed by atoms with van der Waals surface area (Å²) in [6.07, 6.45) is 1.14. The summed E-state index contributed by atoms with van der Waals surface area (Å²) in [6, 6.07) is 7.04. The molecule has 1 aliphatic heterocycles. The number of hydrogen-bond donors (Lipinski definition) is 2. The van der Waals surface area contributed by atoms with Crippen LogP contribution < -0.4 is 5.32 Å². The van der Waals surface area contributed by atoms with E-state index in [-0.39, 0.29) is 35.5 Å². The van der Waals surface area contributed by atoms with Gasteiger partial charge in [-0.3, -0.25) is 15.1 Å². The summed E-state index contributed by atoms with van der Waals surface area (Å²) in [6.45, 7) is -0.145. The molecule has 2 aliphatic rings. The second-order valence-electron chi connectivity index (χ2n) is 6.95. The maximum Gasteiger partial charge on any atom is 0.414 e. The summed E-state index contributed by atoms with van der Waals surface area (Å²) < 4.78 is 32.5. The lowest BCUT2D eigenvalue weighted by atomic mass is 9.92. The van der Waals surface area contributed by atoms with Crippen LogP contribution in [0.5, 0.6) is 0 Å². The Kier molecular flexibility index (Phi) is 3.90. The number of aromatic nitrogens is 2. The highest BCUT2D eigenvalue weighted by molar-refractivity contribution is 6.22. The van der Waals surface area contributed by atoms with Gasteiger partial charge in [0, 0.05) is 16.7 Å². The summed E-state index contributed by atoms with van der Waals surface area (Å²) in [4.78, 5) is 35.3. The molecule has 2 aromatic carbocycles. The lowest BCUT2D eigenvalue weighted by Gasteiger charge is -2.16. The number of Topliss-reactive ketones (excluding diaryl/α,β-unsaturated/α-hetero) is 1. The monoisotopic (exact) mass is 396 g/mol. The van der Waals surface area contributed by atoms with E-state index in [1.807, 2.05) is 0 Å². The van der Waals surface area contributed by atoms with Crippen molar-refractivity contribution in [3.8, 4) is 0 Å². The van der Waals surface area contributed by atoms with Crippen molar-refractivity contribution in [2.45, 2.75) is 18.9 Å². The number of hydrogen-bond acceptors (Lipinski definition) is 5. The molecule has 7 nitrogen and oxygen atoms in total. The standard InChI is InChI=1S/C20H14F2N4O3/c21-13-6-11-12(7-14(13)22)18(23-8-17(11)27)9-1-4-15-16(5-9)25-19(24-15)26-20(28)29-10-2-3-10/h1,4-7,10H,2-3,8H2,(H2,24,25,26,28). The van der Waals surface area contributed by atoms with Gasteiger partial charge in [0.1, 0.15) is 12.6 Å². The first-order valence-electron chi connectivity index (χ1n) is 9.03. The number of ketones is 1. The van der Waals surface area contributed by atoms with E-state index in [1.165, 1.54) is 0 Å². The summed E-state index contributed by atoms with van der Waals surface area (Å²) in [5.74, 6) is -2.26. The van der Waals surface area contributed by atoms with Gasteiger partial charge in [0.2, 0.25) is 5.95 Å². The van der Waals surface area contributed by atoms with E-state index >= 15 is 0 Å². The second kappa shape index (κ2) is 6.47. The van der Waals surface area contributed by atoms with E-state index in [0.717, 1.165) is 25.0 Å². The molecule has 29 heavy (non-hydrogen) atoms. The Hall–Kier alpha value is -3.62. The molecule has 0 radical (unpaired) electrons. The Morgan fingerprint density at radius 3 is 2.66 bits per heavy atom. The number of amides is 1. The van der Waals surface area contributed by atoms with Gasteiger partial charge in [0.15, 0.2) is 17.4 Å². The zero-order valence-corrected chi connectivity index (χ0v) is 15.0. The number of rotatable bonds is 3. The highest BCUT2D eigenvalue weighted by Crippen LogP contribution is 2.26. The van der Waals surface area contributed by atoms with Crippen molar-refractivity contribution in [1.82, 2.24) is 9.97 Å². The molecular formula is C20H14F2N4O3. The third kappa shape index (κ3) is 3.24. The number of carbonyl (C=O) groups excluding carboxylic acids is 2. The second-order valence-corrected chi connectivity index (χ2v) is 6.95. The van der Waals surface area contributed by atoms with Gasteiger partial charge in [-0.15, -0.1) is 0 Å². The Morgan fingerprint density at radius 1 is 1.14 bits per heavy atom. The van der Waals surface area contributed by atoms with Crippen LogP contribution in [0, 0.1) is 11.6 Å². The molecule has 9 heteroatoms. The van der Waals surface area contributed by atoms with Crippen LogP contribution in [0.1, 0.15) is 34.3 Å². The van der Waals surface area contributed by atoms with Crippen LogP contribution in [0.15, 0.2) is 35.3 Å². The quantitative estimate of drug-likeness (QED) is 0.707. The van der Waals surface area contributed by atoms with Gasteiger partial charge in [0.25, 0.3) is 0 Å². The third-order valence-corrected chi connectivity index (χ3v) is 4.77. The van der Waals surface area contributed by atoms with Crippen LogP contribution in [-0.4, -0.2) is 40.2 Å². The number of halogens is 2. The van der Waals surface area contributed by atoms with E-state index in [9.17, 15) is 18.4 Å². The number of carbonyl (C=O) groups is 2. The van der Waals surface area contributed by atoms with Gasteiger partial charge in [-0.05, 0) is 37.1 Å². The molecule has 1 aliphatic carbocycles. The number of aliphatic imine (C=N–C) groups is 1. The highest BCUT2D eigenvalue weighted by Gasteiger charge is 2.27. The maximum absolute atomic E-state index is 13.8. The van der Waals surface area contributed by atoms with Crippen molar-refractivity contribution in [3.63, 3.8) is 0 Å². The lowest BCUT2D eigenvalue weighted by molar-refractivity contribution is 0.0999. The number of imidazole rings is 1. The third-order valence-electron chi connectivity index (χ3n) is 4.77. The van der Waals surface area contributed by atoms with Crippen molar-refractivity contribution in [3.05, 3.63) is 58.7 Å². The maximum atomic E-state index is 13.8. The molecule has 2 N–H and O–H groups in total. The molecule has 0 spiro atoms. The van der Waals surface area contributed by atoms with Crippen molar-refractivity contribution >= 4 is 34.6 Å². The first kappa shape index (κ1) is 17.5. The number of fused-ring (bicyclic) bond motifs is 2. The predicted molar refractivity (Wildman–Crippen MR) is 100 cm³/mol. The Balaban J connectivity index is 1.48. The molecule has 1 aromatic heterocycles. The SMILES string of the molecule is O=C(Nc1nc2ccc(C3=NCC(=O)c4cc(F)c(F)cc43)cc2[nH]1)OC1CC1. The predicted octanol–water partition coefficient (Wildman–Crippen LogP) is 3.59. The fourth-order valence-corrected chi connectivity index (χ4v) is 3.22. The Morgan fingerprint density at radius 2 is 1.90 bits per heavy atom. The first-order chi connectivity index (χ1) is 14.0. The van der Waals surface area contributed by atoms with Crippen LogP contribution in [0.2, 0.25) is 0 Å². The van der Waals surface area contributed by atoms with Gasteiger partial charge < -0.3 is 9.72 Å². The van der Waals surface area contributed by atoms with Gasteiger partial charge in [-0.25, -0.2) is 18.6 Å². The fraction of sp³-hybridized carbons (Fsp3) is 0.200. The Labute approximate surface area is 162 Å². The van der Waals surface area contributed by atoms with Crippen molar-refractivity contribution in [2.24, 2.45) is 4.99 Å². The minimum Gasteiger partial charge on any atom is -0.446 e. The van der Waals surface area contributed by atoms with Crippen LogP contribution in [0.25, 0.3) is 11.0 Å². The number of aromatic amines is 1. The molecule has 0 unspecified atom stereocenters. The van der Waals surface area contributed by atoms with E-state index in [0.29, 0.717) is 22.3 Å². The summed E-state index contributed by atoms with van der Waals surface area (Å²) in [7, 11) is 0. The average molecular weight is 396 g/mol. The topological polar surface area (TPSA) is 96.4 Å². The minimum absolute atomic E-state index is 0.0247. The van der Waals surface area contributed by atoms with Crippen LogP contribution >= 0.6 is 0 Å². The van der Waals surface area contributed by atoms with E-state index in [4.69, 9.17) is 4.74 Å². The number of ether oxygens (including phenoxy) is 1. The molecule has 146 valence electrons. The normalized spacial score (nSPS) is 15.8. The number of anilines is 1. The number of nitrogens with one attached hydrogen (secondary N) is 2. The zero-order valence-electron chi connectivity index (χ0n) is 15.0. The van der Waals surface area contributed by atoms with Gasteiger partial charge >= 0.3 is 6.09 Å². The van der Waals surface area contributed by atoms with Crippen molar-refractivity contribution in [1.29, 1.82) is 0 Å². The lowest BCUT2D eigenvalue weighted by Crippen LogP contribution is -2.20. The molecule has 1 saturated carbocycles. The van der Waals surface area contributed by atoms with Gasteiger partial charge in [-0.2, -0.15) is 0 Å². The van der Waals surface area contributed by atoms with Gasteiger partial charge in [-0.1, -0.05) is 6.07 Å². The van der Waals surface area contributed by atoms with E-state index in [1.54, 1.807) is 18.2 Å². The van der Waals surface area contributed by atoms with Crippen molar-refractivity contribution < 1.29 is 23.1 Å². The summed E-state index contributed by atoms with van der Waals surface area (Å²) >= 11 is 0. The van der Waals surface area contributed by atoms with E-state index in [2.05, 4.69) is 20.3 Å². The summed E-state index contributed by atoms with van der Waals surface area (Å²) in [5.41, 5.74) is 2.53. The number of nitrogens with zero attached hydrogens (tertiary/aromatic N) is 2. The zero-order chi connectivity index (χ0) is 20.1. The highest BCUT2D eigenvalue weighted by atomic mass is 19.2. The first-order valence-corrected chi connectivity index (χ1v) is 9.03. The molecule has 2 heterocycles. The largest absolute Gasteiger partial charge is 0.446 e. The summed E-state index contributed by atoms with van der Waals surface area (Å²) in [5, 5.41) is 2.54. The number of benzene rings is 2. The molecule has 1 amide bonds. The van der Waals surface area contributed by atoms with Crippen LogP contribution in [0.3, 0.4) is 0 Å². The van der Waals surface area contributed by atoms with Gasteiger partial charge in [0.05, 0.1) is 16.7 Å². The average Bonchev–Trinajstić information content (AvgIpc) is 3.40. The molecular weight excluding hydrogens is 382 g/mol. The molecule has 0 saturated heterocycles. The molecule has 0 bridgehead atoms. The van der Waals surface area contributed by atoms with Crippen LogP contribution in [0.4, 0.5) is 19.5 Å². The molecule has 5 rings (SSSR count). The Bertz CT molecular complexity index is 1210. The minimum atomic E-state index is -1.07. The fourth-order valence-electron chi connectivity index (χ4n) is 3.22. The van der Waals surface area contributed by atoms with Crippen molar-refractivity contribution in [2.75, 3.05) is 11.9 Å².